The lowest BCUT2D eigenvalue weighted by atomic mass is 10.0. The molecular formula is C40H44Br2F2N4O4S2. The van der Waals surface area contributed by atoms with E-state index in [1.165, 1.54) is 43.5 Å². The Morgan fingerprint density at radius 2 is 1.50 bits per heavy atom. The highest BCUT2D eigenvalue weighted by Crippen LogP contribution is 2.39. The molecule has 0 saturated carbocycles. The lowest BCUT2D eigenvalue weighted by Crippen LogP contribution is -3.00. The molecule has 0 bridgehead atoms. The fourth-order valence-corrected chi connectivity index (χ4v) is 8.43. The maximum Gasteiger partial charge on any atom is 0.316 e. The van der Waals surface area contributed by atoms with Crippen molar-refractivity contribution in [1.82, 2.24) is 0 Å². The van der Waals surface area contributed by atoms with Gasteiger partial charge in [0.15, 0.2) is 17.5 Å². The summed E-state index contributed by atoms with van der Waals surface area (Å²) < 4.78 is 41.0. The van der Waals surface area contributed by atoms with Gasteiger partial charge in [-0.25, -0.2) is 18.3 Å². The van der Waals surface area contributed by atoms with Crippen molar-refractivity contribution in [3.8, 4) is 11.5 Å². The van der Waals surface area contributed by atoms with Crippen molar-refractivity contribution in [1.29, 1.82) is 0 Å². The molecule has 0 spiro atoms. The normalized spacial score (nSPS) is 17.1. The van der Waals surface area contributed by atoms with Gasteiger partial charge < -0.3 is 36.5 Å². The third kappa shape index (κ3) is 9.32. The number of ketones is 1. The Balaban J connectivity index is 0.000000232. The Morgan fingerprint density at radius 3 is 2.06 bits per heavy atom. The molecule has 0 saturated heterocycles. The van der Waals surface area contributed by atoms with Crippen LogP contribution in [-0.2, 0) is 18.6 Å². The zero-order chi connectivity index (χ0) is 36.8. The van der Waals surface area contributed by atoms with E-state index in [1.807, 2.05) is 33.7 Å². The highest BCUT2D eigenvalue weighted by atomic mass is 79.9. The molecule has 8 nitrogen and oxygen atoms in total. The van der Waals surface area contributed by atoms with Gasteiger partial charge in [0, 0.05) is 29.3 Å². The quantitative estimate of drug-likeness (QED) is 0.177. The van der Waals surface area contributed by atoms with Crippen molar-refractivity contribution >= 4 is 68.0 Å². The molecule has 54 heavy (non-hydrogen) atoms. The second kappa shape index (κ2) is 19.4. The summed E-state index contributed by atoms with van der Waals surface area (Å²) in [5.41, 5.74) is 3.35. The van der Waals surface area contributed by atoms with Crippen molar-refractivity contribution in [2.75, 3.05) is 61.7 Å². The summed E-state index contributed by atoms with van der Waals surface area (Å²) in [6, 6.07) is 25.3. The number of benzene rings is 4. The third-order valence-corrected chi connectivity index (χ3v) is 11.4. The monoisotopic (exact) mass is 904 g/mol. The summed E-state index contributed by atoms with van der Waals surface area (Å²) in [5.74, 6) is 1.28. The Hall–Kier alpha value is -3.43. The number of hydrogen-bond donors (Lipinski definition) is 1. The van der Waals surface area contributed by atoms with E-state index in [0.29, 0.717) is 24.6 Å². The standard InChI is InChI=1S/C20H22FN2O2S.C20H21FN2O2S.2BrH/c1-3-14-4-6-15(7-5-14)22-13-20(24,23-10-11-26-19(22)23)17-9-8-16(25-2)12-18(17)21;1-3-14-4-6-15(7-5-14)23(20-22-10-11-26-20)13-19(24)17-9-8-16(25-2)12-18(17)21;;/h4-9,12,24H,3,10-11,13H2,1-2H3;4-9,12H,3,10-11,13H2,1-2H3;2*1H/q+1;;;/p-1. The summed E-state index contributed by atoms with van der Waals surface area (Å²) in [7, 11) is 2.97. The first kappa shape index (κ1) is 43.3. The zero-order valence-corrected chi connectivity index (χ0v) is 35.5. The number of aliphatic imine (C=N–C) groups is 1. The predicted molar refractivity (Wildman–Crippen MR) is 218 cm³/mol. The summed E-state index contributed by atoms with van der Waals surface area (Å²) in [5, 5.41) is 13.3. The van der Waals surface area contributed by atoms with Gasteiger partial charge in [0.25, 0.3) is 5.72 Å². The van der Waals surface area contributed by atoms with Gasteiger partial charge >= 0.3 is 5.17 Å². The Morgan fingerprint density at radius 1 is 0.889 bits per heavy atom. The molecule has 7 rings (SSSR count). The van der Waals surface area contributed by atoms with Crippen LogP contribution in [0.1, 0.15) is 40.9 Å². The number of aryl methyl sites for hydroxylation is 2. The molecule has 1 unspecified atom stereocenters. The van der Waals surface area contributed by atoms with Gasteiger partial charge in [0.1, 0.15) is 28.8 Å². The van der Waals surface area contributed by atoms with Crippen molar-refractivity contribution in [3.63, 3.8) is 0 Å². The second-order valence-corrected chi connectivity index (χ2v) is 14.6. The maximum atomic E-state index is 14.7. The van der Waals surface area contributed by atoms with E-state index >= 15 is 0 Å². The van der Waals surface area contributed by atoms with Crippen molar-refractivity contribution < 1.29 is 49.7 Å². The summed E-state index contributed by atoms with van der Waals surface area (Å²) in [4.78, 5) is 21.2. The number of methoxy groups -OCH3 is 2. The van der Waals surface area contributed by atoms with Gasteiger partial charge in [-0.3, -0.25) is 9.79 Å². The smallest absolute Gasteiger partial charge is 0.316 e. The molecule has 3 heterocycles. The SMILES string of the molecule is Br.CCc1ccc(N(CC(=O)c2ccc(OC)cc2F)C2=NCCS2)cc1.CCc1ccc(N2CC(O)(c3ccc(OC)cc3F)[N+]3=C2SCC3)cc1.[Br-]. The molecule has 4 aromatic rings. The van der Waals surface area contributed by atoms with Gasteiger partial charge in [-0.05, 0) is 84.3 Å². The van der Waals surface area contributed by atoms with Gasteiger partial charge in [0.2, 0.25) is 0 Å². The molecule has 14 heteroatoms. The Kier molecular flexibility index (Phi) is 15.6. The van der Waals surface area contributed by atoms with Gasteiger partial charge in [-0.1, -0.05) is 49.9 Å². The largest absolute Gasteiger partial charge is 1.00 e. The molecule has 1 N–H and O–H groups in total. The number of carbonyl (C=O) groups is 1. The first-order chi connectivity index (χ1) is 25.2. The second-order valence-electron chi connectivity index (χ2n) is 12.4. The number of β-amino-alcohol motifs (C(OH)–C–C–N with tert-alkyl or cyclic N) is 1. The molecule has 0 aliphatic carbocycles. The predicted octanol–water partition coefficient (Wildman–Crippen LogP) is 4.95. The number of anilines is 2. The van der Waals surface area contributed by atoms with Crippen LogP contribution in [0.15, 0.2) is 89.9 Å². The van der Waals surface area contributed by atoms with E-state index < -0.39 is 17.4 Å². The summed E-state index contributed by atoms with van der Waals surface area (Å²) >= 11 is 3.31. The van der Waals surface area contributed by atoms with Gasteiger partial charge in [0.05, 0.1) is 45.0 Å². The molecular weight excluding hydrogens is 862 g/mol. The van der Waals surface area contributed by atoms with E-state index in [4.69, 9.17) is 9.47 Å². The first-order valence-electron chi connectivity index (χ1n) is 17.3. The lowest BCUT2D eigenvalue weighted by Gasteiger charge is -2.23. The van der Waals surface area contributed by atoms with Crippen LogP contribution in [0, 0.1) is 11.6 Å². The summed E-state index contributed by atoms with van der Waals surface area (Å²) in [6.45, 7) is 5.98. The number of Topliss-reactive ketones (excluding diaryl/α,β-unsaturated/α-hetero) is 1. The van der Waals surface area contributed by atoms with Gasteiger partial charge in [-0.15, -0.1) is 17.0 Å². The third-order valence-electron chi connectivity index (χ3n) is 9.33. The molecule has 288 valence electrons. The maximum absolute atomic E-state index is 14.7. The minimum Gasteiger partial charge on any atom is -1.00 e. The number of thioether (sulfide) groups is 2. The molecule has 3 aliphatic heterocycles. The van der Waals surface area contributed by atoms with Crippen LogP contribution in [0.3, 0.4) is 0 Å². The average Bonchev–Trinajstić information content (AvgIpc) is 3.95. The van der Waals surface area contributed by atoms with Crippen LogP contribution in [0.2, 0.25) is 0 Å². The van der Waals surface area contributed by atoms with E-state index in [1.54, 1.807) is 41.7 Å². The summed E-state index contributed by atoms with van der Waals surface area (Å²) in [6.07, 6.45) is 1.94. The van der Waals surface area contributed by atoms with Crippen LogP contribution in [0.4, 0.5) is 20.2 Å². The van der Waals surface area contributed by atoms with E-state index in [2.05, 4.69) is 48.0 Å². The fourth-order valence-electron chi connectivity index (χ4n) is 6.38. The van der Waals surface area contributed by atoms with Crippen LogP contribution in [-0.4, -0.2) is 77.7 Å². The average molecular weight is 907 g/mol. The van der Waals surface area contributed by atoms with E-state index in [9.17, 15) is 18.7 Å². The van der Waals surface area contributed by atoms with Gasteiger partial charge in [-0.2, -0.15) is 0 Å². The fraction of sp³-hybridized carbons (Fsp3) is 0.325. The number of nitrogens with zero attached hydrogens (tertiary/aromatic N) is 4. The van der Waals surface area contributed by atoms with Crippen LogP contribution in [0.5, 0.6) is 11.5 Å². The van der Waals surface area contributed by atoms with E-state index in [0.717, 1.165) is 52.6 Å². The Bertz CT molecular complexity index is 1990. The van der Waals surface area contributed by atoms with Crippen molar-refractivity contribution in [3.05, 3.63) is 119 Å². The number of carbonyl (C=O) groups excluding carboxylic acids is 1. The lowest BCUT2D eigenvalue weighted by molar-refractivity contribution is -0.651. The highest BCUT2D eigenvalue weighted by Gasteiger charge is 2.55. The van der Waals surface area contributed by atoms with Crippen molar-refractivity contribution in [2.45, 2.75) is 32.4 Å². The van der Waals surface area contributed by atoms with Crippen LogP contribution >= 0.6 is 40.5 Å². The molecule has 0 fully saturated rings. The molecule has 0 amide bonds. The van der Waals surface area contributed by atoms with Crippen LogP contribution < -0.4 is 36.3 Å². The minimum atomic E-state index is -1.39. The topological polar surface area (TPSA) is 77.6 Å². The molecule has 4 aromatic carbocycles. The molecule has 1 atom stereocenters. The van der Waals surface area contributed by atoms with E-state index in [-0.39, 0.29) is 57.4 Å². The van der Waals surface area contributed by atoms with Crippen molar-refractivity contribution in [2.24, 2.45) is 4.99 Å². The molecule has 0 aromatic heterocycles. The minimum absolute atomic E-state index is 0. The Labute approximate surface area is 345 Å². The number of ether oxygens (including phenoxy) is 2. The molecule has 3 aliphatic rings. The van der Waals surface area contributed by atoms with Crippen LogP contribution in [0.25, 0.3) is 0 Å². The first-order valence-corrected chi connectivity index (χ1v) is 19.3. The zero-order valence-electron chi connectivity index (χ0n) is 30.6. The number of rotatable bonds is 10. The number of amidine groups is 2. The number of hydrogen-bond acceptors (Lipinski definition) is 9. The highest BCUT2D eigenvalue weighted by molar-refractivity contribution is 8.93. The number of halogens is 4. The number of aliphatic hydroxyl groups is 1. The molecule has 0 radical (unpaired) electrons.